The molecular formula is C19H21NO4S. The first-order chi connectivity index (χ1) is 11.7. The number of carboxylic acid groups (broad SMARTS) is 1. The van der Waals surface area contributed by atoms with Gasteiger partial charge in [0, 0.05) is 12.5 Å². The molecule has 25 heavy (non-hydrogen) atoms. The quantitative estimate of drug-likeness (QED) is 0.853. The second kappa shape index (κ2) is 5.97. The lowest BCUT2D eigenvalue weighted by Crippen LogP contribution is -2.31. The molecule has 5 nitrogen and oxygen atoms in total. The maximum atomic E-state index is 13.1. The summed E-state index contributed by atoms with van der Waals surface area (Å²) in [6.45, 7) is 3.56. The van der Waals surface area contributed by atoms with Gasteiger partial charge in [0.2, 0.25) is 0 Å². The molecule has 1 fully saturated rings. The molecule has 3 N–H and O–H groups in total. The second-order valence-corrected chi connectivity index (χ2v) is 8.79. The molecule has 0 spiro atoms. The van der Waals surface area contributed by atoms with Crippen LogP contribution in [0.1, 0.15) is 22.6 Å². The fourth-order valence-corrected chi connectivity index (χ4v) is 5.95. The minimum absolute atomic E-state index is 0.136. The Morgan fingerprint density at radius 1 is 1.04 bits per heavy atom. The molecule has 0 unspecified atom stereocenters. The Labute approximate surface area is 147 Å². The number of sulfone groups is 1. The Morgan fingerprint density at radius 3 is 1.96 bits per heavy atom. The Morgan fingerprint density at radius 2 is 1.52 bits per heavy atom. The predicted octanol–water partition coefficient (Wildman–Crippen LogP) is 2.27. The van der Waals surface area contributed by atoms with E-state index < -0.39 is 32.4 Å². The molecule has 3 rings (SSSR count). The molecule has 6 heteroatoms. The van der Waals surface area contributed by atoms with Gasteiger partial charge in [0.1, 0.15) is 5.41 Å². The van der Waals surface area contributed by atoms with Gasteiger partial charge in [-0.05, 0) is 31.5 Å². The third-order valence-electron chi connectivity index (χ3n) is 5.11. The monoisotopic (exact) mass is 359 g/mol. The van der Waals surface area contributed by atoms with Gasteiger partial charge in [-0.25, -0.2) is 8.42 Å². The van der Waals surface area contributed by atoms with E-state index in [9.17, 15) is 18.3 Å². The number of nitrogens with two attached hydrogens (primary N) is 1. The van der Waals surface area contributed by atoms with Crippen LogP contribution in [0.25, 0.3) is 0 Å². The van der Waals surface area contributed by atoms with Gasteiger partial charge in [-0.15, -0.1) is 0 Å². The number of hydrogen-bond donors (Lipinski definition) is 2. The number of aliphatic carboxylic acids is 1. The molecule has 0 saturated heterocycles. The number of aryl methyl sites for hydroxylation is 2. The van der Waals surface area contributed by atoms with Crippen molar-refractivity contribution in [1.82, 2.24) is 0 Å². The van der Waals surface area contributed by atoms with Crippen LogP contribution in [0.4, 0.5) is 0 Å². The maximum absolute atomic E-state index is 13.1. The summed E-state index contributed by atoms with van der Waals surface area (Å²) in [5.41, 5.74) is 6.94. The SMILES string of the molecule is Cc1ccc([C@@H]2[C@H](S(=O)(=O)c3ccc(C)cc3)[C@]2(CN)C(=O)O)cc1. The smallest absolute Gasteiger partial charge is 0.312 e. The van der Waals surface area contributed by atoms with Crippen LogP contribution >= 0.6 is 0 Å². The van der Waals surface area contributed by atoms with Crippen molar-refractivity contribution in [3.63, 3.8) is 0 Å². The highest BCUT2D eigenvalue weighted by Crippen LogP contribution is 2.63. The molecule has 1 aliphatic rings. The van der Waals surface area contributed by atoms with Gasteiger partial charge < -0.3 is 10.8 Å². The van der Waals surface area contributed by atoms with Crippen LogP contribution in [-0.2, 0) is 14.6 Å². The van der Waals surface area contributed by atoms with Crippen molar-refractivity contribution in [3.05, 3.63) is 65.2 Å². The molecule has 0 radical (unpaired) electrons. The van der Waals surface area contributed by atoms with Crippen molar-refractivity contribution < 1.29 is 18.3 Å². The summed E-state index contributed by atoms with van der Waals surface area (Å²) in [4.78, 5) is 12.1. The molecule has 0 bridgehead atoms. The van der Waals surface area contributed by atoms with Crippen LogP contribution in [0.5, 0.6) is 0 Å². The van der Waals surface area contributed by atoms with E-state index in [1.54, 1.807) is 24.3 Å². The van der Waals surface area contributed by atoms with Crippen LogP contribution in [0, 0.1) is 19.3 Å². The van der Waals surface area contributed by atoms with Crippen molar-refractivity contribution in [1.29, 1.82) is 0 Å². The first kappa shape index (κ1) is 17.6. The summed E-state index contributed by atoms with van der Waals surface area (Å²) in [5.74, 6) is -1.82. The first-order valence-corrected chi connectivity index (χ1v) is 9.60. The zero-order valence-electron chi connectivity index (χ0n) is 14.1. The fourth-order valence-electron chi connectivity index (χ4n) is 3.57. The van der Waals surface area contributed by atoms with Gasteiger partial charge in [0.05, 0.1) is 10.1 Å². The maximum Gasteiger partial charge on any atom is 0.312 e. The summed E-state index contributed by atoms with van der Waals surface area (Å²) in [5, 5.41) is 8.71. The summed E-state index contributed by atoms with van der Waals surface area (Å²) in [7, 11) is -3.82. The molecule has 2 aromatic carbocycles. The summed E-state index contributed by atoms with van der Waals surface area (Å²) in [6.07, 6.45) is 0. The molecule has 0 heterocycles. The van der Waals surface area contributed by atoms with E-state index in [2.05, 4.69) is 0 Å². The standard InChI is InChI=1S/C19H21NO4S/c1-12-3-7-14(8-4-12)16-17(19(16,11-20)18(21)22)25(23,24)15-9-5-13(2)6-10-15/h3-10,16-17H,11,20H2,1-2H3,(H,21,22)/t16-,17+,19-/m1/s1. The van der Waals surface area contributed by atoms with Crippen molar-refractivity contribution in [2.45, 2.75) is 29.9 Å². The number of carboxylic acids is 1. The van der Waals surface area contributed by atoms with Crippen LogP contribution in [0.3, 0.4) is 0 Å². The lowest BCUT2D eigenvalue weighted by atomic mass is 9.99. The fraction of sp³-hybridized carbons (Fsp3) is 0.316. The Bertz CT molecular complexity index is 903. The van der Waals surface area contributed by atoms with Crippen molar-refractivity contribution >= 4 is 15.8 Å². The largest absolute Gasteiger partial charge is 0.481 e. The second-order valence-electron chi connectivity index (χ2n) is 6.72. The summed E-state index contributed by atoms with van der Waals surface area (Å²) in [6, 6.07) is 13.8. The minimum Gasteiger partial charge on any atom is -0.481 e. The molecule has 2 aromatic rings. The lowest BCUT2D eigenvalue weighted by Gasteiger charge is -2.10. The topological polar surface area (TPSA) is 97.5 Å². The normalized spacial score (nSPS) is 25.6. The predicted molar refractivity (Wildman–Crippen MR) is 95.2 cm³/mol. The van der Waals surface area contributed by atoms with E-state index in [0.717, 1.165) is 11.1 Å². The Kier molecular flexibility index (Phi) is 4.21. The lowest BCUT2D eigenvalue weighted by molar-refractivity contribution is -0.143. The van der Waals surface area contributed by atoms with Crippen molar-refractivity contribution in [3.8, 4) is 0 Å². The van der Waals surface area contributed by atoms with Crippen LogP contribution in [-0.4, -0.2) is 31.3 Å². The number of benzene rings is 2. The van der Waals surface area contributed by atoms with Gasteiger partial charge in [0.25, 0.3) is 0 Å². The molecule has 132 valence electrons. The van der Waals surface area contributed by atoms with Crippen molar-refractivity contribution in [2.24, 2.45) is 11.1 Å². The number of hydrogen-bond acceptors (Lipinski definition) is 4. The van der Waals surface area contributed by atoms with Crippen LogP contribution < -0.4 is 5.73 Å². The molecular weight excluding hydrogens is 338 g/mol. The molecule has 1 aliphatic carbocycles. The van der Waals surface area contributed by atoms with E-state index in [1.807, 2.05) is 26.0 Å². The van der Waals surface area contributed by atoms with Crippen LogP contribution in [0.2, 0.25) is 0 Å². The molecule has 0 aromatic heterocycles. The third kappa shape index (κ3) is 2.65. The van der Waals surface area contributed by atoms with Gasteiger partial charge >= 0.3 is 5.97 Å². The highest BCUT2D eigenvalue weighted by atomic mass is 32.2. The minimum atomic E-state index is -3.82. The van der Waals surface area contributed by atoms with Gasteiger partial charge in [-0.1, -0.05) is 47.5 Å². The number of carbonyl (C=O) groups is 1. The van der Waals surface area contributed by atoms with Crippen molar-refractivity contribution in [2.75, 3.05) is 6.54 Å². The summed E-state index contributed by atoms with van der Waals surface area (Å²) < 4.78 is 26.2. The highest BCUT2D eigenvalue weighted by molar-refractivity contribution is 7.92. The highest BCUT2D eigenvalue weighted by Gasteiger charge is 2.75. The molecule has 0 aliphatic heterocycles. The third-order valence-corrected chi connectivity index (χ3v) is 7.40. The zero-order chi connectivity index (χ0) is 18.4. The van der Waals surface area contributed by atoms with Gasteiger partial charge in [0.15, 0.2) is 9.84 Å². The van der Waals surface area contributed by atoms with Crippen LogP contribution in [0.15, 0.2) is 53.4 Å². The average molecular weight is 359 g/mol. The molecule has 3 atom stereocenters. The Balaban J connectivity index is 2.10. The summed E-state index contributed by atoms with van der Waals surface area (Å²) >= 11 is 0. The van der Waals surface area contributed by atoms with E-state index in [4.69, 9.17) is 5.73 Å². The zero-order valence-corrected chi connectivity index (χ0v) is 15.0. The average Bonchev–Trinajstić information content (AvgIpc) is 3.27. The first-order valence-electron chi connectivity index (χ1n) is 8.05. The Hall–Kier alpha value is -2.18. The molecule has 1 saturated carbocycles. The molecule has 0 amide bonds. The van der Waals surface area contributed by atoms with E-state index in [-0.39, 0.29) is 11.4 Å². The van der Waals surface area contributed by atoms with E-state index in [0.29, 0.717) is 5.56 Å². The van der Waals surface area contributed by atoms with E-state index in [1.165, 1.54) is 12.1 Å². The van der Waals surface area contributed by atoms with Gasteiger partial charge in [-0.3, -0.25) is 4.79 Å². The van der Waals surface area contributed by atoms with E-state index >= 15 is 0 Å². The van der Waals surface area contributed by atoms with Gasteiger partial charge in [-0.2, -0.15) is 0 Å². The number of rotatable bonds is 5.